The Bertz CT molecular complexity index is 844. The first-order valence-electron chi connectivity index (χ1n) is 9.58. The molecule has 0 unspecified atom stereocenters. The maximum Gasteiger partial charge on any atom is 0.252 e. The Hall–Kier alpha value is -1.70. The summed E-state index contributed by atoms with van der Waals surface area (Å²) in [6.45, 7) is 6.66. The van der Waals surface area contributed by atoms with Crippen LogP contribution < -0.4 is 5.32 Å². The van der Waals surface area contributed by atoms with Crippen LogP contribution in [0, 0.1) is 5.92 Å². The van der Waals surface area contributed by atoms with Gasteiger partial charge in [0.05, 0.1) is 6.04 Å². The number of thiophene rings is 1. The molecule has 7 heteroatoms. The fourth-order valence-corrected chi connectivity index (χ4v) is 5.37. The van der Waals surface area contributed by atoms with Crippen LogP contribution in [0.25, 0.3) is 0 Å². The summed E-state index contributed by atoms with van der Waals surface area (Å²) in [5.74, 6) is 0.547. The molecule has 0 aliphatic carbocycles. The Labute approximate surface area is 172 Å². The van der Waals surface area contributed by atoms with Crippen molar-refractivity contribution in [3.63, 3.8) is 0 Å². The molecule has 0 saturated heterocycles. The topological polar surface area (TPSA) is 66.5 Å². The highest BCUT2D eigenvalue weighted by Crippen LogP contribution is 2.20. The van der Waals surface area contributed by atoms with Crippen LogP contribution in [0.3, 0.4) is 0 Å². The second-order valence-corrected chi connectivity index (χ2v) is 10.7. The molecule has 0 aliphatic rings. The van der Waals surface area contributed by atoms with Gasteiger partial charge in [0, 0.05) is 20.0 Å². The van der Waals surface area contributed by atoms with Gasteiger partial charge >= 0.3 is 0 Å². The van der Waals surface area contributed by atoms with Crippen LogP contribution in [-0.2, 0) is 21.2 Å². The number of rotatable bonds is 10. The smallest absolute Gasteiger partial charge is 0.252 e. The number of benzene rings is 1. The van der Waals surface area contributed by atoms with Gasteiger partial charge < -0.3 is 5.32 Å². The van der Waals surface area contributed by atoms with Crippen LogP contribution >= 0.6 is 11.3 Å². The maximum atomic E-state index is 12.4. The molecule has 28 heavy (non-hydrogen) atoms. The molecule has 1 amide bonds. The van der Waals surface area contributed by atoms with Crippen molar-refractivity contribution < 1.29 is 13.2 Å². The predicted molar refractivity (Wildman–Crippen MR) is 115 cm³/mol. The zero-order chi connectivity index (χ0) is 20.7. The third-order valence-corrected chi connectivity index (χ3v) is 7.77. The van der Waals surface area contributed by atoms with Gasteiger partial charge in [0.1, 0.15) is 4.21 Å². The Morgan fingerprint density at radius 2 is 1.82 bits per heavy atom. The number of carbonyl (C=O) groups excluding carboxylic acids is 1. The fraction of sp³-hybridized carbons (Fsp3) is 0.476. The van der Waals surface area contributed by atoms with E-state index in [0.29, 0.717) is 29.5 Å². The lowest BCUT2D eigenvalue weighted by molar-refractivity contribution is -0.121. The third-order valence-electron chi connectivity index (χ3n) is 4.54. The molecule has 1 aromatic carbocycles. The van der Waals surface area contributed by atoms with Gasteiger partial charge in [-0.15, -0.1) is 11.3 Å². The molecule has 1 aromatic heterocycles. The summed E-state index contributed by atoms with van der Waals surface area (Å²) >= 11 is 1.20. The minimum atomic E-state index is -3.45. The Kier molecular flexibility index (Phi) is 8.22. The molecule has 1 atom stereocenters. The van der Waals surface area contributed by atoms with Gasteiger partial charge in [0.2, 0.25) is 5.91 Å². The minimum Gasteiger partial charge on any atom is -0.350 e. The van der Waals surface area contributed by atoms with Crippen LogP contribution in [0.2, 0.25) is 0 Å². The van der Waals surface area contributed by atoms with E-state index in [4.69, 9.17) is 0 Å². The minimum absolute atomic E-state index is 0.0688. The normalized spacial score (nSPS) is 13.1. The van der Waals surface area contributed by atoms with Crippen molar-refractivity contribution in [1.29, 1.82) is 0 Å². The van der Waals surface area contributed by atoms with E-state index in [-0.39, 0.29) is 11.9 Å². The molecule has 0 radical (unpaired) electrons. The first-order valence-corrected chi connectivity index (χ1v) is 11.9. The van der Waals surface area contributed by atoms with Gasteiger partial charge in [-0.25, -0.2) is 12.7 Å². The zero-order valence-corrected chi connectivity index (χ0v) is 18.6. The van der Waals surface area contributed by atoms with Crippen molar-refractivity contribution in [3.8, 4) is 0 Å². The van der Waals surface area contributed by atoms with Gasteiger partial charge in [-0.05, 0) is 48.3 Å². The first kappa shape index (κ1) is 22.6. The van der Waals surface area contributed by atoms with E-state index in [1.165, 1.54) is 21.2 Å². The lowest BCUT2D eigenvalue weighted by Gasteiger charge is -2.17. The van der Waals surface area contributed by atoms with Gasteiger partial charge in [0.15, 0.2) is 0 Å². The molecule has 1 heterocycles. The molecule has 2 rings (SSSR count). The molecule has 5 nitrogen and oxygen atoms in total. The van der Waals surface area contributed by atoms with Crippen molar-refractivity contribution in [2.45, 2.75) is 50.3 Å². The number of hydrogen-bond acceptors (Lipinski definition) is 4. The zero-order valence-electron chi connectivity index (χ0n) is 17.0. The summed E-state index contributed by atoms with van der Waals surface area (Å²) in [5.41, 5.74) is 2.37. The average molecular weight is 423 g/mol. The molecule has 154 valence electrons. The van der Waals surface area contributed by atoms with Crippen molar-refractivity contribution >= 4 is 27.3 Å². The molecular formula is C21H30N2O3S2. The second kappa shape index (κ2) is 10.2. The number of nitrogens with one attached hydrogen (secondary N) is 1. The third kappa shape index (κ3) is 6.43. The highest BCUT2D eigenvalue weighted by molar-refractivity contribution is 7.91. The molecule has 0 bridgehead atoms. The monoisotopic (exact) mass is 422 g/mol. The van der Waals surface area contributed by atoms with E-state index < -0.39 is 10.0 Å². The Balaban J connectivity index is 1.79. The summed E-state index contributed by atoms with van der Waals surface area (Å²) in [5, 5.41) is 4.73. The van der Waals surface area contributed by atoms with E-state index >= 15 is 0 Å². The number of amides is 1. The molecule has 2 aromatic rings. The van der Waals surface area contributed by atoms with Crippen molar-refractivity contribution in [3.05, 3.63) is 52.9 Å². The summed E-state index contributed by atoms with van der Waals surface area (Å²) < 4.78 is 26.4. The summed E-state index contributed by atoms with van der Waals surface area (Å²) in [6.07, 6.45) is 1.82. The lowest BCUT2D eigenvalue weighted by atomic mass is 10.00. The lowest BCUT2D eigenvalue weighted by Crippen LogP contribution is -2.30. The first-order chi connectivity index (χ1) is 13.2. The predicted octanol–water partition coefficient (Wildman–Crippen LogP) is 4.22. The Morgan fingerprint density at radius 3 is 2.39 bits per heavy atom. The van der Waals surface area contributed by atoms with E-state index in [1.54, 1.807) is 24.6 Å². The van der Waals surface area contributed by atoms with Crippen LogP contribution in [-0.4, -0.2) is 32.2 Å². The highest BCUT2D eigenvalue weighted by Gasteiger charge is 2.21. The van der Waals surface area contributed by atoms with Gasteiger partial charge in [-0.2, -0.15) is 0 Å². The largest absolute Gasteiger partial charge is 0.350 e. The van der Waals surface area contributed by atoms with Crippen molar-refractivity contribution in [2.75, 3.05) is 13.6 Å². The molecule has 0 fully saturated rings. The summed E-state index contributed by atoms with van der Waals surface area (Å²) in [4.78, 5) is 12.2. The van der Waals surface area contributed by atoms with E-state index in [2.05, 4.69) is 43.4 Å². The van der Waals surface area contributed by atoms with Crippen LogP contribution in [0.4, 0.5) is 0 Å². The number of sulfonamides is 1. The average Bonchev–Trinajstić information content (AvgIpc) is 3.17. The van der Waals surface area contributed by atoms with E-state index in [1.807, 2.05) is 6.92 Å². The standard InChI is InChI=1S/C21H30N2O3S2/c1-16(2)15-18-9-11-19(12-10-18)17(3)22-20(24)7-5-13-23(4)28(25,26)21-8-6-14-27-21/h6,8-12,14,16-17H,5,7,13,15H2,1-4H3,(H,22,24)/t17-/m1/s1. The van der Waals surface area contributed by atoms with Crippen LogP contribution in [0.15, 0.2) is 46.0 Å². The summed E-state index contributed by atoms with van der Waals surface area (Å²) in [6, 6.07) is 11.6. The summed E-state index contributed by atoms with van der Waals surface area (Å²) in [7, 11) is -1.90. The molecule has 1 N–H and O–H groups in total. The van der Waals surface area contributed by atoms with Crippen molar-refractivity contribution in [2.24, 2.45) is 5.92 Å². The quantitative estimate of drug-likeness (QED) is 0.623. The number of carbonyl (C=O) groups is 1. The van der Waals surface area contributed by atoms with Gasteiger partial charge in [-0.1, -0.05) is 44.2 Å². The second-order valence-electron chi connectivity index (χ2n) is 7.49. The SMILES string of the molecule is CC(C)Cc1ccc([C@@H](C)NC(=O)CCCN(C)S(=O)(=O)c2cccs2)cc1. The molecule has 0 spiro atoms. The highest BCUT2D eigenvalue weighted by atomic mass is 32.2. The number of hydrogen-bond donors (Lipinski definition) is 1. The van der Waals surface area contributed by atoms with Crippen LogP contribution in [0.5, 0.6) is 0 Å². The van der Waals surface area contributed by atoms with E-state index in [9.17, 15) is 13.2 Å². The van der Waals surface area contributed by atoms with Gasteiger partial charge in [-0.3, -0.25) is 4.79 Å². The number of nitrogens with zero attached hydrogens (tertiary/aromatic N) is 1. The molecule has 0 saturated carbocycles. The molecule has 0 aliphatic heterocycles. The maximum absolute atomic E-state index is 12.4. The Morgan fingerprint density at radius 1 is 1.14 bits per heavy atom. The molecular weight excluding hydrogens is 392 g/mol. The van der Waals surface area contributed by atoms with Gasteiger partial charge in [0.25, 0.3) is 10.0 Å². The van der Waals surface area contributed by atoms with E-state index in [0.717, 1.165) is 12.0 Å². The van der Waals surface area contributed by atoms with Crippen LogP contribution in [0.1, 0.15) is 50.8 Å². The fourth-order valence-electron chi connectivity index (χ4n) is 2.96. The van der Waals surface area contributed by atoms with Crippen molar-refractivity contribution in [1.82, 2.24) is 9.62 Å².